The number of nitrogens with zero attached hydrogens (tertiary/aromatic N) is 2. The van der Waals surface area contributed by atoms with Gasteiger partial charge in [-0.15, -0.1) is 0 Å². The van der Waals surface area contributed by atoms with Crippen molar-refractivity contribution in [2.75, 3.05) is 26.2 Å². The minimum Gasteiger partial charge on any atom is -0.342 e. The SMILES string of the molecule is CCN(CC(F)(F)F)C(=O)[C@@H]1CCCN(C(=O)[C@H]2CCC[C@@H]2N)C1. The molecule has 3 atom stereocenters. The van der Waals surface area contributed by atoms with Crippen molar-refractivity contribution in [1.29, 1.82) is 0 Å². The molecule has 0 spiro atoms. The number of alkyl halides is 3. The Morgan fingerprint density at radius 3 is 2.46 bits per heavy atom. The largest absolute Gasteiger partial charge is 0.406 e. The van der Waals surface area contributed by atoms with Gasteiger partial charge in [-0.25, -0.2) is 0 Å². The zero-order valence-electron chi connectivity index (χ0n) is 14.0. The molecule has 8 heteroatoms. The number of piperidine rings is 1. The number of carbonyl (C=O) groups is 2. The van der Waals surface area contributed by atoms with Gasteiger partial charge in [0.25, 0.3) is 0 Å². The van der Waals surface area contributed by atoms with Crippen molar-refractivity contribution in [2.24, 2.45) is 17.6 Å². The lowest BCUT2D eigenvalue weighted by molar-refractivity contribution is -0.165. The number of rotatable bonds is 4. The Morgan fingerprint density at radius 2 is 1.92 bits per heavy atom. The normalized spacial score (nSPS) is 28.0. The third-order valence-electron chi connectivity index (χ3n) is 5.03. The first kappa shape index (κ1) is 19.0. The third-order valence-corrected chi connectivity index (χ3v) is 5.03. The molecular weight excluding hydrogens is 323 g/mol. The highest BCUT2D eigenvalue weighted by atomic mass is 19.4. The number of hydrogen-bond acceptors (Lipinski definition) is 3. The van der Waals surface area contributed by atoms with Crippen LogP contribution >= 0.6 is 0 Å². The van der Waals surface area contributed by atoms with Crippen molar-refractivity contribution in [3.8, 4) is 0 Å². The predicted octanol–water partition coefficient (Wildman–Crippen LogP) is 1.76. The molecule has 1 saturated heterocycles. The van der Waals surface area contributed by atoms with E-state index in [2.05, 4.69) is 0 Å². The van der Waals surface area contributed by atoms with Crippen LogP contribution in [0, 0.1) is 11.8 Å². The quantitative estimate of drug-likeness (QED) is 0.841. The molecule has 2 aliphatic rings. The van der Waals surface area contributed by atoms with Crippen molar-refractivity contribution < 1.29 is 22.8 Å². The molecule has 5 nitrogen and oxygen atoms in total. The Labute approximate surface area is 140 Å². The van der Waals surface area contributed by atoms with Crippen molar-refractivity contribution in [2.45, 2.75) is 51.2 Å². The van der Waals surface area contributed by atoms with Gasteiger partial charge in [0.2, 0.25) is 11.8 Å². The average Bonchev–Trinajstić information content (AvgIpc) is 2.96. The van der Waals surface area contributed by atoms with Gasteiger partial charge in [-0.05, 0) is 32.6 Å². The molecule has 0 aromatic carbocycles. The first-order chi connectivity index (χ1) is 11.2. The van der Waals surface area contributed by atoms with Crippen LogP contribution in [0.1, 0.15) is 39.0 Å². The Morgan fingerprint density at radius 1 is 1.21 bits per heavy atom. The molecule has 1 heterocycles. The molecule has 2 N–H and O–H groups in total. The van der Waals surface area contributed by atoms with Crippen LogP contribution in [-0.4, -0.2) is 60.0 Å². The molecule has 24 heavy (non-hydrogen) atoms. The fourth-order valence-corrected chi connectivity index (χ4v) is 3.73. The second-order valence-electron chi connectivity index (χ2n) is 6.79. The summed E-state index contributed by atoms with van der Waals surface area (Å²) >= 11 is 0. The van der Waals surface area contributed by atoms with Gasteiger partial charge >= 0.3 is 6.18 Å². The van der Waals surface area contributed by atoms with Crippen LogP contribution in [0.2, 0.25) is 0 Å². The van der Waals surface area contributed by atoms with E-state index < -0.39 is 24.5 Å². The summed E-state index contributed by atoms with van der Waals surface area (Å²) in [5, 5.41) is 0. The van der Waals surface area contributed by atoms with Gasteiger partial charge in [0.05, 0.1) is 11.8 Å². The van der Waals surface area contributed by atoms with Crippen LogP contribution in [-0.2, 0) is 9.59 Å². The minimum atomic E-state index is -4.41. The number of hydrogen-bond donors (Lipinski definition) is 1. The highest BCUT2D eigenvalue weighted by molar-refractivity contribution is 5.83. The van der Waals surface area contributed by atoms with Gasteiger partial charge in [-0.2, -0.15) is 13.2 Å². The summed E-state index contributed by atoms with van der Waals surface area (Å²) in [6.07, 6.45) is -0.761. The second-order valence-corrected chi connectivity index (χ2v) is 6.79. The van der Waals surface area contributed by atoms with Crippen LogP contribution in [0.4, 0.5) is 13.2 Å². The van der Waals surface area contributed by atoms with Crippen LogP contribution in [0.25, 0.3) is 0 Å². The summed E-state index contributed by atoms with van der Waals surface area (Å²) < 4.78 is 37.8. The van der Waals surface area contributed by atoms with Gasteiger partial charge in [-0.1, -0.05) is 6.42 Å². The number of carbonyl (C=O) groups excluding carboxylic acids is 2. The van der Waals surface area contributed by atoms with Crippen molar-refractivity contribution >= 4 is 11.8 Å². The summed E-state index contributed by atoms with van der Waals surface area (Å²) in [5.74, 6) is -1.32. The Hall–Kier alpha value is -1.31. The van der Waals surface area contributed by atoms with Crippen molar-refractivity contribution in [1.82, 2.24) is 9.80 Å². The Bertz CT molecular complexity index is 470. The first-order valence-corrected chi connectivity index (χ1v) is 8.62. The summed E-state index contributed by atoms with van der Waals surface area (Å²) in [4.78, 5) is 27.5. The fraction of sp³-hybridized carbons (Fsp3) is 0.875. The van der Waals surface area contributed by atoms with Crippen molar-refractivity contribution in [3.63, 3.8) is 0 Å². The van der Waals surface area contributed by atoms with Gasteiger partial charge in [0, 0.05) is 25.7 Å². The van der Waals surface area contributed by atoms with E-state index in [1.807, 2.05) is 0 Å². The molecule has 0 aromatic heterocycles. The predicted molar refractivity (Wildman–Crippen MR) is 82.9 cm³/mol. The molecular formula is C16H26F3N3O2. The first-order valence-electron chi connectivity index (χ1n) is 8.62. The molecule has 1 aliphatic heterocycles. The van der Waals surface area contributed by atoms with E-state index in [-0.39, 0.29) is 31.0 Å². The smallest absolute Gasteiger partial charge is 0.342 e. The number of amides is 2. The highest BCUT2D eigenvalue weighted by Crippen LogP contribution is 2.29. The van der Waals surface area contributed by atoms with E-state index in [1.54, 1.807) is 4.90 Å². The van der Waals surface area contributed by atoms with E-state index in [4.69, 9.17) is 5.73 Å². The van der Waals surface area contributed by atoms with Crippen LogP contribution in [0.3, 0.4) is 0 Å². The van der Waals surface area contributed by atoms with Gasteiger partial charge in [0.15, 0.2) is 0 Å². The lowest BCUT2D eigenvalue weighted by Crippen LogP contribution is -2.51. The maximum absolute atomic E-state index is 12.6. The lowest BCUT2D eigenvalue weighted by Gasteiger charge is -2.36. The molecule has 1 saturated carbocycles. The summed E-state index contributed by atoms with van der Waals surface area (Å²) in [7, 11) is 0. The maximum atomic E-state index is 12.6. The molecule has 2 amide bonds. The van der Waals surface area contributed by atoms with Crippen molar-refractivity contribution in [3.05, 3.63) is 0 Å². The highest BCUT2D eigenvalue weighted by Gasteiger charge is 2.39. The zero-order valence-corrected chi connectivity index (χ0v) is 14.0. The van der Waals surface area contributed by atoms with Gasteiger partial charge in [0.1, 0.15) is 6.54 Å². The molecule has 0 radical (unpaired) electrons. The van der Waals surface area contributed by atoms with Gasteiger partial charge in [-0.3, -0.25) is 9.59 Å². The topological polar surface area (TPSA) is 66.6 Å². The average molecular weight is 349 g/mol. The monoisotopic (exact) mass is 349 g/mol. The minimum absolute atomic E-state index is 0.0102. The number of likely N-dealkylation sites (tertiary alicyclic amines) is 1. The van der Waals surface area contributed by atoms with E-state index >= 15 is 0 Å². The maximum Gasteiger partial charge on any atom is 0.406 e. The summed E-state index contributed by atoms with van der Waals surface area (Å²) in [6, 6.07) is -0.147. The summed E-state index contributed by atoms with van der Waals surface area (Å²) in [5.41, 5.74) is 5.97. The molecule has 0 unspecified atom stereocenters. The molecule has 2 rings (SSSR count). The third kappa shape index (κ3) is 4.62. The van der Waals surface area contributed by atoms with E-state index in [0.29, 0.717) is 19.4 Å². The second kappa shape index (κ2) is 7.72. The Balaban J connectivity index is 1.98. The number of nitrogens with two attached hydrogens (primary N) is 1. The van der Waals surface area contributed by atoms with Crippen LogP contribution < -0.4 is 5.73 Å². The number of halogens is 3. The van der Waals surface area contributed by atoms with Gasteiger partial charge < -0.3 is 15.5 Å². The fourth-order valence-electron chi connectivity index (χ4n) is 3.73. The van der Waals surface area contributed by atoms with E-state index in [1.165, 1.54) is 6.92 Å². The molecule has 1 aliphatic carbocycles. The van der Waals surface area contributed by atoms with E-state index in [0.717, 1.165) is 24.2 Å². The molecule has 2 fully saturated rings. The zero-order chi connectivity index (χ0) is 17.9. The molecule has 138 valence electrons. The molecule has 0 bridgehead atoms. The van der Waals surface area contributed by atoms with E-state index in [9.17, 15) is 22.8 Å². The van der Waals surface area contributed by atoms with Crippen LogP contribution in [0.15, 0.2) is 0 Å². The molecule has 0 aromatic rings. The standard InChI is InChI=1S/C16H26F3N3O2/c1-2-21(10-16(17,18)19)14(23)11-5-4-8-22(9-11)15(24)12-6-3-7-13(12)20/h11-13H,2-10,20H2,1H3/t11-,12+,13+/m1/s1. The Kier molecular flexibility index (Phi) is 6.11. The summed E-state index contributed by atoms with van der Waals surface area (Å²) in [6.45, 7) is 1.07. The van der Waals surface area contributed by atoms with Crippen LogP contribution in [0.5, 0.6) is 0 Å². The lowest BCUT2D eigenvalue weighted by atomic mass is 9.94.